The fourth-order valence-electron chi connectivity index (χ4n) is 3.26. The zero-order valence-corrected chi connectivity index (χ0v) is 18.9. The monoisotopic (exact) mass is 444 g/mol. The molecule has 12 N–H and O–H groups in total. The minimum atomic E-state index is 0. The van der Waals surface area contributed by atoms with Gasteiger partial charge in [0.05, 0.1) is 22.7 Å². The van der Waals surface area contributed by atoms with Gasteiger partial charge in [0.25, 0.3) is 0 Å². The topological polar surface area (TPSA) is 160 Å². The number of nitrogen functional groups attached to an aromatic ring is 4. The van der Waals surface area contributed by atoms with Gasteiger partial charge in [0.2, 0.25) is 0 Å². The third kappa shape index (κ3) is 6.32. The van der Waals surface area contributed by atoms with Crippen molar-refractivity contribution < 1.29 is 5.48 Å². The summed E-state index contributed by atoms with van der Waals surface area (Å²) in [5.74, 6) is 0. The van der Waals surface area contributed by atoms with Gasteiger partial charge in [0, 0.05) is 25.5 Å². The van der Waals surface area contributed by atoms with Crippen LogP contribution >= 0.6 is 0 Å². The van der Waals surface area contributed by atoms with Crippen LogP contribution in [0, 0.1) is 0 Å². The van der Waals surface area contributed by atoms with E-state index in [1.54, 1.807) is 0 Å². The highest BCUT2D eigenvalue weighted by molar-refractivity contribution is 5.77. The van der Waals surface area contributed by atoms with Crippen molar-refractivity contribution in [3.05, 3.63) is 84.9 Å². The van der Waals surface area contributed by atoms with Gasteiger partial charge in [-0.05, 0) is 70.8 Å². The zero-order valence-electron chi connectivity index (χ0n) is 18.9. The molecule has 0 aromatic heterocycles. The number of rotatable bonds is 4. The fraction of sp³-hybridized carbons (Fsp3) is 0.0769. The molecule has 0 aliphatic heterocycles. The zero-order chi connectivity index (χ0) is 23.1. The van der Waals surface area contributed by atoms with E-state index in [1.165, 1.54) is 0 Å². The van der Waals surface area contributed by atoms with E-state index in [1.807, 2.05) is 99.0 Å². The van der Waals surface area contributed by atoms with Crippen LogP contribution in [-0.4, -0.2) is 19.6 Å². The van der Waals surface area contributed by atoms with Crippen LogP contribution in [0.2, 0.25) is 0 Å². The predicted octanol–water partition coefficient (Wildman–Crippen LogP) is 4.29. The third-order valence-electron chi connectivity index (χ3n) is 5.13. The normalized spacial score (nSPS) is 9.76. The summed E-state index contributed by atoms with van der Waals surface area (Å²) in [4.78, 5) is 0. The quantitative estimate of drug-likeness (QED) is 0.257. The molecule has 0 fully saturated rings. The maximum Gasteiger partial charge on any atom is 0.0577 e. The minimum absolute atomic E-state index is 0. The lowest BCUT2D eigenvalue weighted by Crippen LogP contribution is -1.95. The number of nitrogens with one attached hydrogen (secondary N) is 2. The molecule has 0 amide bonds. The van der Waals surface area contributed by atoms with Crippen LogP contribution in [0.3, 0.4) is 0 Å². The molecule has 0 bridgehead atoms. The second-order valence-electron chi connectivity index (χ2n) is 7.35. The lowest BCUT2D eigenvalue weighted by Gasteiger charge is -2.08. The van der Waals surface area contributed by atoms with Crippen LogP contribution < -0.4 is 33.6 Å². The van der Waals surface area contributed by atoms with E-state index < -0.39 is 0 Å². The number of hydrogen-bond acceptors (Lipinski definition) is 6. The van der Waals surface area contributed by atoms with E-state index in [4.69, 9.17) is 22.9 Å². The number of nitrogens with two attached hydrogens (primary N) is 4. The summed E-state index contributed by atoms with van der Waals surface area (Å²) >= 11 is 0. The smallest absolute Gasteiger partial charge is 0.0577 e. The van der Waals surface area contributed by atoms with E-state index in [-0.39, 0.29) is 5.48 Å². The third-order valence-corrected chi connectivity index (χ3v) is 5.13. The summed E-state index contributed by atoms with van der Waals surface area (Å²) < 4.78 is 0. The molecule has 0 atom stereocenters. The van der Waals surface area contributed by atoms with Gasteiger partial charge in [0.15, 0.2) is 0 Å². The van der Waals surface area contributed by atoms with E-state index in [2.05, 4.69) is 10.6 Å². The molecule has 0 radical (unpaired) electrons. The summed E-state index contributed by atoms with van der Waals surface area (Å²) in [6.45, 7) is 0. The highest BCUT2D eigenvalue weighted by Gasteiger charge is 2.02. The van der Waals surface area contributed by atoms with Crippen molar-refractivity contribution in [1.82, 2.24) is 0 Å². The van der Waals surface area contributed by atoms with Crippen molar-refractivity contribution in [1.29, 1.82) is 0 Å². The molecule has 7 heteroatoms. The summed E-state index contributed by atoms with van der Waals surface area (Å²) in [6, 6.07) is 27.4. The van der Waals surface area contributed by atoms with Gasteiger partial charge in [-0.15, -0.1) is 0 Å². The average molecular weight is 445 g/mol. The van der Waals surface area contributed by atoms with Gasteiger partial charge < -0.3 is 39.0 Å². The number of anilines is 6. The Morgan fingerprint density at radius 2 is 0.758 bits per heavy atom. The summed E-state index contributed by atoms with van der Waals surface area (Å²) in [5.41, 5.74) is 32.4. The van der Waals surface area contributed by atoms with Gasteiger partial charge in [-0.3, -0.25) is 0 Å². The first-order valence-electron chi connectivity index (χ1n) is 10.3. The largest absolute Gasteiger partial charge is 0.412 e. The van der Waals surface area contributed by atoms with Crippen molar-refractivity contribution in [2.24, 2.45) is 0 Å². The maximum atomic E-state index is 5.82. The van der Waals surface area contributed by atoms with E-state index in [9.17, 15) is 0 Å². The van der Waals surface area contributed by atoms with Crippen molar-refractivity contribution in [2.45, 2.75) is 0 Å². The maximum absolute atomic E-state index is 5.82. The highest BCUT2D eigenvalue weighted by Crippen LogP contribution is 2.28. The Kier molecular flexibility index (Phi) is 8.54. The average Bonchev–Trinajstić information content (AvgIpc) is 2.81. The first-order chi connectivity index (χ1) is 15.4. The molecule has 0 aliphatic rings. The molecule has 4 aromatic rings. The summed E-state index contributed by atoms with van der Waals surface area (Å²) in [5, 5.41) is 6.13. The number of benzene rings is 4. The first kappa shape index (κ1) is 24.9. The van der Waals surface area contributed by atoms with Crippen molar-refractivity contribution in [3.63, 3.8) is 0 Å². The Hall–Kier alpha value is -4.36. The van der Waals surface area contributed by atoms with E-state index in [0.717, 1.165) is 56.4 Å². The van der Waals surface area contributed by atoms with Gasteiger partial charge in [-0.1, -0.05) is 36.4 Å². The molecule has 7 nitrogen and oxygen atoms in total. The molecule has 0 heterocycles. The lowest BCUT2D eigenvalue weighted by atomic mass is 10.0. The molecule has 4 aromatic carbocycles. The molecule has 0 aliphatic carbocycles. The molecule has 0 saturated carbocycles. The second kappa shape index (κ2) is 11.3. The van der Waals surface area contributed by atoms with Crippen LogP contribution in [0.25, 0.3) is 22.3 Å². The Bertz CT molecular complexity index is 1080. The minimum Gasteiger partial charge on any atom is -0.412 e. The summed E-state index contributed by atoms with van der Waals surface area (Å²) in [7, 11) is 3.72. The van der Waals surface area contributed by atoms with Crippen LogP contribution in [0.15, 0.2) is 84.9 Å². The molecule has 172 valence electrons. The molecule has 0 saturated heterocycles. The molecular formula is C26H32N6O. The van der Waals surface area contributed by atoms with Crippen molar-refractivity contribution >= 4 is 34.1 Å². The predicted molar refractivity (Wildman–Crippen MR) is 144 cm³/mol. The Labute approximate surface area is 194 Å². The molecule has 0 spiro atoms. The number of hydrogen-bond donors (Lipinski definition) is 6. The SMILES string of the molecule is CNc1cc(-c2ccc(N)cc2)ccc1N.CNc1cc(-c2ccc(N)cc2)ccc1N.O. The highest BCUT2D eigenvalue weighted by atomic mass is 16.0. The fourth-order valence-corrected chi connectivity index (χ4v) is 3.26. The van der Waals surface area contributed by atoms with Crippen LogP contribution in [0.4, 0.5) is 34.1 Å². The Balaban J connectivity index is 0.000000227. The van der Waals surface area contributed by atoms with E-state index in [0.29, 0.717) is 0 Å². The van der Waals surface area contributed by atoms with Gasteiger partial charge >= 0.3 is 0 Å². The first-order valence-corrected chi connectivity index (χ1v) is 10.3. The second-order valence-corrected chi connectivity index (χ2v) is 7.35. The van der Waals surface area contributed by atoms with E-state index >= 15 is 0 Å². The molecule has 0 unspecified atom stereocenters. The molecule has 33 heavy (non-hydrogen) atoms. The lowest BCUT2D eigenvalue weighted by molar-refractivity contribution is 0.824. The van der Waals surface area contributed by atoms with Crippen LogP contribution in [0.1, 0.15) is 0 Å². The molecular weight excluding hydrogens is 412 g/mol. The van der Waals surface area contributed by atoms with Gasteiger partial charge in [0.1, 0.15) is 0 Å². The van der Waals surface area contributed by atoms with Gasteiger partial charge in [-0.25, -0.2) is 0 Å². The Morgan fingerprint density at radius 1 is 0.455 bits per heavy atom. The molecule has 4 rings (SSSR count). The van der Waals surface area contributed by atoms with Crippen molar-refractivity contribution in [2.75, 3.05) is 47.7 Å². The van der Waals surface area contributed by atoms with Gasteiger partial charge in [-0.2, -0.15) is 0 Å². The standard InChI is InChI=1S/2C13H15N3.H2O/c2*1-16-13-8-10(4-7-12(13)15)9-2-5-11(14)6-3-9;/h2*2-8,16H,14-15H2,1H3;1H2. The van der Waals surface area contributed by atoms with Crippen LogP contribution in [-0.2, 0) is 0 Å². The van der Waals surface area contributed by atoms with Crippen LogP contribution in [0.5, 0.6) is 0 Å². The van der Waals surface area contributed by atoms with Crippen molar-refractivity contribution in [3.8, 4) is 22.3 Å². The summed E-state index contributed by atoms with van der Waals surface area (Å²) in [6.07, 6.45) is 0. The Morgan fingerprint density at radius 3 is 1.06 bits per heavy atom.